The maximum absolute atomic E-state index is 11.8. The highest BCUT2D eigenvalue weighted by Gasteiger charge is 2.22. The largest absolute Gasteiger partial charge is 0.355 e. The number of carbonyl (C=O) groups excluding carboxylic acids is 1. The average Bonchev–Trinajstić information content (AvgIpc) is 2.74. The fourth-order valence-electron chi connectivity index (χ4n) is 2.90. The van der Waals surface area contributed by atoms with E-state index in [2.05, 4.69) is 22.6 Å². The van der Waals surface area contributed by atoms with Gasteiger partial charge in [0.2, 0.25) is 5.91 Å². The fraction of sp³-hybridized carbons (Fsp3) is 0.923. The molecule has 2 fully saturated rings. The summed E-state index contributed by atoms with van der Waals surface area (Å²) in [5.41, 5.74) is 0. The standard InChI is InChI=1S/C13H25N3O/c1-16-7-3-5-12(16)10-15-13(17)8-11-4-2-6-14-9-11/h11-12,14H,2-10H2,1H3,(H,15,17). The molecule has 0 aromatic rings. The minimum atomic E-state index is 0.235. The number of amides is 1. The van der Waals surface area contributed by atoms with Crippen LogP contribution in [0.3, 0.4) is 0 Å². The smallest absolute Gasteiger partial charge is 0.220 e. The SMILES string of the molecule is CN1CCCC1CNC(=O)CC1CCCNC1. The molecule has 2 unspecified atom stereocenters. The number of nitrogens with one attached hydrogen (secondary N) is 2. The van der Waals surface area contributed by atoms with Crippen LogP contribution in [0.4, 0.5) is 0 Å². The van der Waals surface area contributed by atoms with E-state index in [9.17, 15) is 4.79 Å². The lowest BCUT2D eigenvalue weighted by atomic mass is 9.96. The quantitative estimate of drug-likeness (QED) is 0.754. The molecule has 0 radical (unpaired) electrons. The van der Waals surface area contributed by atoms with Crippen LogP contribution >= 0.6 is 0 Å². The molecule has 0 saturated carbocycles. The first kappa shape index (κ1) is 12.8. The maximum Gasteiger partial charge on any atom is 0.220 e. The van der Waals surface area contributed by atoms with Gasteiger partial charge in [0.1, 0.15) is 0 Å². The second-order valence-corrected chi connectivity index (χ2v) is 5.50. The topological polar surface area (TPSA) is 44.4 Å². The van der Waals surface area contributed by atoms with Crippen molar-refractivity contribution in [2.75, 3.05) is 33.2 Å². The Morgan fingerprint density at radius 1 is 1.41 bits per heavy atom. The molecule has 4 nitrogen and oxygen atoms in total. The molecule has 0 aromatic heterocycles. The van der Waals surface area contributed by atoms with Crippen LogP contribution in [-0.4, -0.2) is 50.1 Å². The summed E-state index contributed by atoms with van der Waals surface area (Å²) >= 11 is 0. The lowest BCUT2D eigenvalue weighted by Gasteiger charge is -2.23. The van der Waals surface area contributed by atoms with Crippen molar-refractivity contribution in [3.8, 4) is 0 Å². The van der Waals surface area contributed by atoms with Crippen molar-refractivity contribution in [2.45, 2.75) is 38.1 Å². The zero-order valence-corrected chi connectivity index (χ0v) is 10.9. The Kier molecular flexibility index (Phi) is 4.80. The minimum Gasteiger partial charge on any atom is -0.355 e. The number of likely N-dealkylation sites (N-methyl/N-ethyl adjacent to an activating group) is 1. The summed E-state index contributed by atoms with van der Waals surface area (Å²) < 4.78 is 0. The van der Waals surface area contributed by atoms with Gasteiger partial charge in [0, 0.05) is 19.0 Å². The average molecular weight is 239 g/mol. The zero-order valence-electron chi connectivity index (χ0n) is 10.9. The third-order valence-electron chi connectivity index (χ3n) is 4.08. The summed E-state index contributed by atoms with van der Waals surface area (Å²) in [6.45, 7) is 4.13. The number of nitrogens with zero attached hydrogens (tertiary/aromatic N) is 1. The van der Waals surface area contributed by atoms with Crippen LogP contribution in [0.15, 0.2) is 0 Å². The van der Waals surface area contributed by atoms with Gasteiger partial charge in [0.15, 0.2) is 0 Å². The molecule has 2 rings (SSSR count). The van der Waals surface area contributed by atoms with Crippen LogP contribution in [0.5, 0.6) is 0 Å². The van der Waals surface area contributed by atoms with Crippen molar-refractivity contribution in [1.82, 2.24) is 15.5 Å². The maximum atomic E-state index is 11.8. The van der Waals surface area contributed by atoms with Crippen molar-refractivity contribution in [1.29, 1.82) is 0 Å². The van der Waals surface area contributed by atoms with E-state index >= 15 is 0 Å². The van der Waals surface area contributed by atoms with Gasteiger partial charge >= 0.3 is 0 Å². The van der Waals surface area contributed by atoms with Gasteiger partial charge < -0.3 is 15.5 Å². The van der Waals surface area contributed by atoms with Gasteiger partial charge in [-0.25, -0.2) is 0 Å². The molecule has 2 aliphatic heterocycles. The summed E-state index contributed by atoms with van der Waals surface area (Å²) in [5, 5.41) is 6.45. The highest BCUT2D eigenvalue weighted by Crippen LogP contribution is 2.15. The normalized spacial score (nSPS) is 30.4. The third kappa shape index (κ3) is 3.96. The summed E-state index contributed by atoms with van der Waals surface area (Å²) in [5.74, 6) is 0.782. The third-order valence-corrected chi connectivity index (χ3v) is 4.08. The first-order chi connectivity index (χ1) is 8.25. The number of rotatable bonds is 4. The molecular weight excluding hydrogens is 214 g/mol. The molecule has 2 heterocycles. The van der Waals surface area contributed by atoms with Gasteiger partial charge in [0.05, 0.1) is 0 Å². The molecule has 4 heteroatoms. The monoisotopic (exact) mass is 239 g/mol. The number of carbonyl (C=O) groups is 1. The van der Waals surface area contributed by atoms with Crippen molar-refractivity contribution in [3.63, 3.8) is 0 Å². The lowest BCUT2D eigenvalue weighted by molar-refractivity contribution is -0.122. The first-order valence-electron chi connectivity index (χ1n) is 6.93. The van der Waals surface area contributed by atoms with Crippen molar-refractivity contribution in [2.24, 2.45) is 5.92 Å². The van der Waals surface area contributed by atoms with Crippen LogP contribution in [0, 0.1) is 5.92 Å². The van der Waals surface area contributed by atoms with Crippen LogP contribution < -0.4 is 10.6 Å². The van der Waals surface area contributed by atoms with Crippen LogP contribution in [0.25, 0.3) is 0 Å². The Labute approximate surface area is 104 Å². The molecule has 98 valence electrons. The molecule has 0 aliphatic carbocycles. The molecule has 17 heavy (non-hydrogen) atoms. The van der Waals surface area contributed by atoms with E-state index < -0.39 is 0 Å². The van der Waals surface area contributed by atoms with Crippen LogP contribution in [0.1, 0.15) is 32.1 Å². The van der Waals surface area contributed by atoms with Crippen molar-refractivity contribution >= 4 is 5.91 Å². The van der Waals surface area contributed by atoms with Gasteiger partial charge in [-0.05, 0) is 58.3 Å². The Morgan fingerprint density at radius 2 is 2.29 bits per heavy atom. The summed E-state index contributed by atoms with van der Waals surface area (Å²) in [4.78, 5) is 14.2. The second kappa shape index (κ2) is 6.36. The second-order valence-electron chi connectivity index (χ2n) is 5.50. The van der Waals surface area contributed by atoms with Crippen molar-refractivity contribution in [3.05, 3.63) is 0 Å². The summed E-state index contributed by atoms with van der Waals surface area (Å²) in [6, 6.07) is 0.559. The number of likely N-dealkylation sites (tertiary alicyclic amines) is 1. The zero-order chi connectivity index (χ0) is 12.1. The van der Waals surface area contributed by atoms with Gasteiger partial charge in [-0.1, -0.05) is 0 Å². The fourth-order valence-corrected chi connectivity index (χ4v) is 2.90. The molecule has 0 aromatic carbocycles. The van der Waals surface area contributed by atoms with Crippen molar-refractivity contribution < 1.29 is 4.79 Å². The van der Waals surface area contributed by atoms with Gasteiger partial charge in [-0.15, -0.1) is 0 Å². The summed E-state index contributed by atoms with van der Waals surface area (Å²) in [6.07, 6.45) is 5.60. The Balaban J connectivity index is 1.63. The van der Waals surface area contributed by atoms with E-state index in [-0.39, 0.29) is 5.91 Å². The molecule has 1 amide bonds. The number of piperidine rings is 1. The predicted molar refractivity (Wildman–Crippen MR) is 68.9 cm³/mol. The highest BCUT2D eigenvalue weighted by molar-refractivity contribution is 5.76. The van der Waals surface area contributed by atoms with E-state index in [1.54, 1.807) is 0 Å². The predicted octanol–water partition coefficient (Wildman–Crippen LogP) is 0.587. The molecule has 2 saturated heterocycles. The van der Waals surface area contributed by atoms with Crippen LogP contribution in [-0.2, 0) is 4.79 Å². The molecule has 0 bridgehead atoms. The molecule has 2 N–H and O–H groups in total. The molecule has 2 aliphatic rings. The minimum absolute atomic E-state index is 0.235. The lowest BCUT2D eigenvalue weighted by Crippen LogP contribution is -2.40. The van der Waals surface area contributed by atoms with E-state index in [0.29, 0.717) is 18.4 Å². The van der Waals surface area contributed by atoms with Gasteiger partial charge in [-0.2, -0.15) is 0 Å². The highest BCUT2D eigenvalue weighted by atomic mass is 16.1. The Hall–Kier alpha value is -0.610. The van der Waals surface area contributed by atoms with Gasteiger partial charge in [-0.3, -0.25) is 4.79 Å². The first-order valence-corrected chi connectivity index (χ1v) is 6.93. The van der Waals surface area contributed by atoms with E-state index in [1.807, 2.05) is 0 Å². The van der Waals surface area contributed by atoms with E-state index in [0.717, 1.165) is 19.6 Å². The summed E-state index contributed by atoms with van der Waals surface area (Å²) in [7, 11) is 2.15. The Bertz CT molecular complexity index is 251. The molecular formula is C13H25N3O. The van der Waals surface area contributed by atoms with E-state index in [4.69, 9.17) is 0 Å². The Morgan fingerprint density at radius 3 is 2.94 bits per heavy atom. The molecule has 2 atom stereocenters. The van der Waals surface area contributed by atoms with Gasteiger partial charge in [0.25, 0.3) is 0 Å². The molecule has 0 spiro atoms. The van der Waals surface area contributed by atoms with Crippen LogP contribution in [0.2, 0.25) is 0 Å². The van der Waals surface area contributed by atoms with E-state index in [1.165, 1.54) is 32.2 Å². The number of hydrogen-bond donors (Lipinski definition) is 2. The number of hydrogen-bond acceptors (Lipinski definition) is 3.